The van der Waals surface area contributed by atoms with E-state index in [1.54, 1.807) is 0 Å². The zero-order valence-electron chi connectivity index (χ0n) is 16.8. The molecule has 0 saturated carbocycles. The molecule has 0 unspecified atom stereocenters. The van der Waals surface area contributed by atoms with E-state index in [9.17, 15) is 19.2 Å². The van der Waals surface area contributed by atoms with Crippen molar-refractivity contribution in [2.75, 3.05) is 19.8 Å². The van der Waals surface area contributed by atoms with Gasteiger partial charge in [-0.15, -0.1) is 0 Å². The van der Waals surface area contributed by atoms with Gasteiger partial charge in [0.05, 0.1) is 13.2 Å². The smallest absolute Gasteiger partial charge is 0.320 e. The van der Waals surface area contributed by atoms with Crippen LogP contribution in [0.1, 0.15) is 59.8 Å². The fourth-order valence-electron chi connectivity index (χ4n) is 2.05. The number of nitrogens with one attached hydrogen (secondary N) is 1. The van der Waals surface area contributed by atoms with Gasteiger partial charge in [-0.3, -0.25) is 19.2 Å². The van der Waals surface area contributed by atoms with Crippen LogP contribution in [0.4, 0.5) is 0 Å². The minimum absolute atomic E-state index is 0.0567. The Morgan fingerprint density at radius 3 is 1.81 bits per heavy atom. The summed E-state index contributed by atoms with van der Waals surface area (Å²) in [6, 6.07) is 0. The van der Waals surface area contributed by atoms with Gasteiger partial charge < -0.3 is 19.9 Å². The van der Waals surface area contributed by atoms with Crippen molar-refractivity contribution in [3.63, 3.8) is 0 Å². The number of carboxylic acid groups (broad SMARTS) is 1. The Labute approximate surface area is 161 Å². The van der Waals surface area contributed by atoms with Gasteiger partial charge in [-0.25, -0.2) is 0 Å². The Bertz CT molecular complexity index is 464. The van der Waals surface area contributed by atoms with Gasteiger partial charge in [-0.1, -0.05) is 27.7 Å². The third kappa shape index (κ3) is 13.7. The molecule has 8 heteroatoms. The van der Waals surface area contributed by atoms with Crippen LogP contribution in [0.2, 0.25) is 0 Å². The predicted molar refractivity (Wildman–Crippen MR) is 98.8 cm³/mol. The second-order valence-corrected chi connectivity index (χ2v) is 7.34. The van der Waals surface area contributed by atoms with Crippen molar-refractivity contribution in [1.29, 1.82) is 0 Å². The van der Waals surface area contributed by atoms with E-state index >= 15 is 0 Å². The largest absolute Gasteiger partial charge is 0.481 e. The number of amides is 1. The number of carbonyl (C=O) groups is 4. The third-order valence-corrected chi connectivity index (χ3v) is 3.47. The first-order chi connectivity index (χ1) is 12.6. The predicted octanol–water partition coefficient (Wildman–Crippen LogP) is 2.15. The molecule has 2 N–H and O–H groups in total. The lowest BCUT2D eigenvalue weighted by Gasteiger charge is -2.17. The molecule has 0 aromatic rings. The van der Waals surface area contributed by atoms with Crippen molar-refractivity contribution < 1.29 is 33.8 Å². The Morgan fingerprint density at radius 2 is 1.37 bits per heavy atom. The summed E-state index contributed by atoms with van der Waals surface area (Å²) in [7, 11) is 0. The maximum Gasteiger partial charge on any atom is 0.320 e. The van der Waals surface area contributed by atoms with E-state index in [4.69, 9.17) is 14.6 Å². The number of hydrogen-bond donors (Lipinski definition) is 2. The average Bonchev–Trinajstić information content (AvgIpc) is 2.57. The van der Waals surface area contributed by atoms with Gasteiger partial charge in [0.15, 0.2) is 5.92 Å². The Balaban J connectivity index is 4.40. The highest BCUT2D eigenvalue weighted by atomic mass is 16.6. The number of hydrogen-bond acceptors (Lipinski definition) is 6. The Kier molecular flexibility index (Phi) is 12.9. The maximum absolute atomic E-state index is 12.2. The lowest BCUT2D eigenvalue weighted by Crippen LogP contribution is -2.31. The van der Waals surface area contributed by atoms with Crippen molar-refractivity contribution in [3.05, 3.63) is 0 Å². The molecule has 0 radical (unpaired) electrons. The van der Waals surface area contributed by atoms with E-state index in [2.05, 4.69) is 5.32 Å². The molecule has 0 atom stereocenters. The van der Waals surface area contributed by atoms with Crippen LogP contribution in [0.5, 0.6) is 0 Å². The number of rotatable bonds is 14. The first-order valence-corrected chi connectivity index (χ1v) is 9.45. The van der Waals surface area contributed by atoms with Crippen LogP contribution in [0, 0.1) is 17.8 Å². The average molecular weight is 387 g/mol. The van der Waals surface area contributed by atoms with E-state index in [1.807, 2.05) is 27.7 Å². The van der Waals surface area contributed by atoms with E-state index in [0.717, 1.165) is 0 Å². The monoisotopic (exact) mass is 387 g/mol. The molecule has 0 aliphatic heterocycles. The molecular weight excluding hydrogens is 354 g/mol. The summed E-state index contributed by atoms with van der Waals surface area (Å²) in [5.74, 6) is -3.09. The summed E-state index contributed by atoms with van der Waals surface area (Å²) in [6.07, 6.45) is 0.959. The second-order valence-electron chi connectivity index (χ2n) is 7.34. The summed E-state index contributed by atoms with van der Waals surface area (Å²) in [5.41, 5.74) is 0. The van der Waals surface area contributed by atoms with Gasteiger partial charge in [0.25, 0.3) is 0 Å². The molecule has 1 amide bonds. The molecule has 0 rings (SSSR count). The van der Waals surface area contributed by atoms with Gasteiger partial charge in [0.2, 0.25) is 5.91 Å². The van der Waals surface area contributed by atoms with E-state index in [1.165, 1.54) is 0 Å². The van der Waals surface area contributed by atoms with Crippen molar-refractivity contribution >= 4 is 23.8 Å². The molecule has 8 nitrogen and oxygen atoms in total. The van der Waals surface area contributed by atoms with E-state index in [0.29, 0.717) is 6.42 Å². The quantitative estimate of drug-likeness (QED) is 0.266. The first kappa shape index (κ1) is 24.9. The Hall–Kier alpha value is -2.12. The van der Waals surface area contributed by atoms with Crippen LogP contribution in [0.15, 0.2) is 0 Å². The molecular formula is C19H33NO7. The molecule has 0 aromatic heterocycles. The molecule has 0 spiro atoms. The summed E-state index contributed by atoms with van der Waals surface area (Å²) in [4.78, 5) is 46.4. The summed E-state index contributed by atoms with van der Waals surface area (Å²) in [6.45, 7) is 8.36. The van der Waals surface area contributed by atoms with Crippen molar-refractivity contribution in [2.24, 2.45) is 17.8 Å². The molecule has 0 heterocycles. The highest BCUT2D eigenvalue weighted by Crippen LogP contribution is 2.13. The molecule has 0 fully saturated rings. The van der Waals surface area contributed by atoms with E-state index < -0.39 is 23.8 Å². The van der Waals surface area contributed by atoms with Crippen molar-refractivity contribution in [1.82, 2.24) is 5.32 Å². The normalized spacial score (nSPS) is 10.9. The number of carbonyl (C=O) groups excluding carboxylic acids is 3. The van der Waals surface area contributed by atoms with Gasteiger partial charge >= 0.3 is 17.9 Å². The number of ether oxygens (including phenoxy) is 2. The molecule has 0 saturated heterocycles. The topological polar surface area (TPSA) is 119 Å². The van der Waals surface area contributed by atoms with Crippen LogP contribution in [-0.2, 0) is 28.7 Å². The minimum Gasteiger partial charge on any atom is -0.481 e. The lowest BCUT2D eigenvalue weighted by molar-refractivity contribution is -0.163. The van der Waals surface area contributed by atoms with Crippen LogP contribution in [-0.4, -0.2) is 48.7 Å². The van der Waals surface area contributed by atoms with Crippen LogP contribution in [0.25, 0.3) is 0 Å². The summed E-state index contributed by atoms with van der Waals surface area (Å²) in [5, 5.41) is 11.2. The fourth-order valence-corrected chi connectivity index (χ4v) is 2.05. The summed E-state index contributed by atoms with van der Waals surface area (Å²) >= 11 is 0. The number of aliphatic carboxylic acids is 1. The van der Waals surface area contributed by atoms with Gasteiger partial charge in [-0.2, -0.15) is 0 Å². The zero-order valence-corrected chi connectivity index (χ0v) is 16.8. The van der Waals surface area contributed by atoms with E-state index in [-0.39, 0.29) is 63.2 Å². The molecule has 0 aliphatic carbocycles. The fraction of sp³-hybridized carbons (Fsp3) is 0.789. The SMILES string of the molecule is CC(C)COC(=O)C(CCCNC(=O)CCCC(=O)O)C(=O)OCC(C)C. The lowest BCUT2D eigenvalue weighted by atomic mass is 10.0. The molecule has 27 heavy (non-hydrogen) atoms. The summed E-state index contributed by atoms with van der Waals surface area (Å²) < 4.78 is 10.3. The van der Waals surface area contributed by atoms with Gasteiger partial charge in [0.1, 0.15) is 0 Å². The highest BCUT2D eigenvalue weighted by molar-refractivity contribution is 5.94. The first-order valence-electron chi connectivity index (χ1n) is 9.45. The van der Waals surface area contributed by atoms with Gasteiger partial charge in [-0.05, 0) is 31.1 Å². The molecule has 0 aromatic carbocycles. The maximum atomic E-state index is 12.2. The van der Waals surface area contributed by atoms with Crippen molar-refractivity contribution in [3.8, 4) is 0 Å². The minimum atomic E-state index is -1.01. The number of carboxylic acids is 1. The van der Waals surface area contributed by atoms with Crippen molar-refractivity contribution in [2.45, 2.75) is 59.8 Å². The number of esters is 2. The molecule has 156 valence electrons. The zero-order chi connectivity index (χ0) is 20.8. The molecule has 0 bridgehead atoms. The second kappa shape index (κ2) is 14.0. The van der Waals surface area contributed by atoms with Crippen LogP contribution in [0.3, 0.4) is 0 Å². The van der Waals surface area contributed by atoms with Crippen LogP contribution < -0.4 is 5.32 Å². The van der Waals surface area contributed by atoms with Crippen LogP contribution >= 0.6 is 0 Å². The third-order valence-electron chi connectivity index (χ3n) is 3.47. The molecule has 0 aliphatic rings. The Morgan fingerprint density at radius 1 is 0.852 bits per heavy atom. The highest BCUT2D eigenvalue weighted by Gasteiger charge is 2.29. The van der Waals surface area contributed by atoms with Gasteiger partial charge in [0, 0.05) is 19.4 Å². The standard InChI is InChI=1S/C19H33NO7/c1-13(2)11-26-18(24)15(19(25)27-12-14(3)4)7-6-10-20-16(21)8-5-9-17(22)23/h13-15H,5-12H2,1-4H3,(H,20,21)(H,22,23).